The molecule has 2 atom stereocenters. The first-order valence-corrected chi connectivity index (χ1v) is 6.09. The molecule has 0 aromatic carbocycles. The van der Waals surface area contributed by atoms with Crippen molar-refractivity contribution < 1.29 is 9.90 Å². The van der Waals surface area contributed by atoms with Gasteiger partial charge in [-0.2, -0.15) is 0 Å². The molecule has 2 N–H and O–H groups in total. The summed E-state index contributed by atoms with van der Waals surface area (Å²) in [5.74, 6) is -0.729. The molecule has 2 unspecified atom stereocenters. The standard InChI is InChI=1S/C11H15NO2S/c1-7-8(5-6-15-7)9-3-2-4-10(12-9)11(13)14/h5-6,9-10,12H,2-4H2,1H3,(H,13,14). The van der Waals surface area contributed by atoms with Gasteiger partial charge in [0.1, 0.15) is 6.04 Å². The molecule has 1 saturated heterocycles. The third-order valence-electron chi connectivity index (χ3n) is 2.96. The molecule has 0 aliphatic carbocycles. The van der Waals surface area contributed by atoms with Crippen LogP contribution < -0.4 is 5.32 Å². The third-order valence-corrected chi connectivity index (χ3v) is 3.82. The van der Waals surface area contributed by atoms with Crippen LogP contribution in [0.25, 0.3) is 0 Å². The van der Waals surface area contributed by atoms with Gasteiger partial charge in [-0.15, -0.1) is 11.3 Å². The van der Waals surface area contributed by atoms with Crippen LogP contribution >= 0.6 is 11.3 Å². The van der Waals surface area contributed by atoms with Crippen LogP contribution in [0.3, 0.4) is 0 Å². The lowest BCUT2D eigenvalue weighted by molar-refractivity contribution is -0.140. The van der Waals surface area contributed by atoms with Crippen molar-refractivity contribution in [2.24, 2.45) is 0 Å². The first-order chi connectivity index (χ1) is 7.18. The second kappa shape index (κ2) is 4.33. The Morgan fingerprint density at radius 3 is 3.00 bits per heavy atom. The monoisotopic (exact) mass is 225 g/mol. The normalized spacial score (nSPS) is 26.5. The minimum Gasteiger partial charge on any atom is -0.480 e. The van der Waals surface area contributed by atoms with Crippen molar-refractivity contribution in [1.29, 1.82) is 0 Å². The molecule has 1 fully saturated rings. The fourth-order valence-corrected chi connectivity index (χ4v) is 2.90. The second-order valence-electron chi connectivity index (χ2n) is 3.97. The Labute approximate surface area is 93.1 Å². The predicted molar refractivity (Wildman–Crippen MR) is 60.2 cm³/mol. The summed E-state index contributed by atoms with van der Waals surface area (Å²) in [5, 5.41) is 14.2. The Kier molecular flexibility index (Phi) is 3.07. The molecular weight excluding hydrogens is 210 g/mol. The average Bonchev–Trinajstić information content (AvgIpc) is 2.64. The highest BCUT2D eigenvalue weighted by Gasteiger charge is 2.27. The number of aryl methyl sites for hydroxylation is 1. The average molecular weight is 225 g/mol. The van der Waals surface area contributed by atoms with Gasteiger partial charge in [-0.3, -0.25) is 10.1 Å². The Balaban J connectivity index is 2.11. The van der Waals surface area contributed by atoms with Crippen molar-refractivity contribution in [2.75, 3.05) is 0 Å². The van der Waals surface area contributed by atoms with Crippen molar-refractivity contribution in [3.8, 4) is 0 Å². The van der Waals surface area contributed by atoms with Crippen molar-refractivity contribution in [3.05, 3.63) is 21.9 Å². The topological polar surface area (TPSA) is 49.3 Å². The van der Waals surface area contributed by atoms with Crippen molar-refractivity contribution >= 4 is 17.3 Å². The van der Waals surface area contributed by atoms with Gasteiger partial charge in [-0.25, -0.2) is 0 Å². The fraction of sp³-hybridized carbons (Fsp3) is 0.545. The molecular formula is C11H15NO2S. The zero-order chi connectivity index (χ0) is 10.8. The van der Waals surface area contributed by atoms with E-state index in [-0.39, 0.29) is 12.1 Å². The Morgan fingerprint density at radius 2 is 2.40 bits per heavy atom. The van der Waals surface area contributed by atoms with Gasteiger partial charge >= 0.3 is 5.97 Å². The molecule has 2 rings (SSSR count). The number of rotatable bonds is 2. The van der Waals surface area contributed by atoms with E-state index in [1.165, 1.54) is 10.4 Å². The lowest BCUT2D eigenvalue weighted by Gasteiger charge is -2.28. The van der Waals surface area contributed by atoms with E-state index in [1.54, 1.807) is 11.3 Å². The number of thiophene rings is 1. The molecule has 0 saturated carbocycles. The van der Waals surface area contributed by atoms with Gasteiger partial charge in [-0.05, 0) is 43.2 Å². The highest BCUT2D eigenvalue weighted by Crippen LogP contribution is 2.30. The number of nitrogens with one attached hydrogen (secondary N) is 1. The van der Waals surface area contributed by atoms with E-state index in [1.807, 2.05) is 0 Å². The summed E-state index contributed by atoms with van der Waals surface area (Å²) in [6, 6.07) is 1.95. The number of hydrogen-bond donors (Lipinski definition) is 2. The maximum Gasteiger partial charge on any atom is 0.320 e. The van der Waals surface area contributed by atoms with Crippen LogP contribution in [-0.2, 0) is 4.79 Å². The van der Waals surface area contributed by atoms with Crippen molar-refractivity contribution in [2.45, 2.75) is 38.3 Å². The molecule has 1 aliphatic rings. The molecule has 0 radical (unpaired) electrons. The molecule has 15 heavy (non-hydrogen) atoms. The summed E-state index contributed by atoms with van der Waals surface area (Å²) in [7, 11) is 0. The molecule has 1 aromatic heterocycles. The van der Waals surface area contributed by atoms with Gasteiger partial charge in [0.25, 0.3) is 0 Å². The number of carbonyl (C=O) groups is 1. The van der Waals surface area contributed by atoms with Gasteiger partial charge in [0.05, 0.1) is 0 Å². The Morgan fingerprint density at radius 1 is 1.60 bits per heavy atom. The van der Waals surface area contributed by atoms with E-state index in [4.69, 9.17) is 5.11 Å². The lowest BCUT2D eigenvalue weighted by Crippen LogP contribution is -2.42. The number of carboxylic acids is 1. The van der Waals surface area contributed by atoms with Crippen LogP contribution in [0.1, 0.15) is 35.7 Å². The van der Waals surface area contributed by atoms with Crippen LogP contribution in [0.15, 0.2) is 11.4 Å². The molecule has 3 nitrogen and oxygen atoms in total. The molecule has 82 valence electrons. The fourth-order valence-electron chi connectivity index (χ4n) is 2.13. The van der Waals surface area contributed by atoms with Gasteiger partial charge < -0.3 is 5.11 Å². The highest BCUT2D eigenvalue weighted by atomic mass is 32.1. The minimum atomic E-state index is -0.729. The minimum absolute atomic E-state index is 0.228. The van der Waals surface area contributed by atoms with Gasteiger partial charge in [0.15, 0.2) is 0 Å². The first kappa shape index (κ1) is 10.6. The maximum atomic E-state index is 10.9. The summed E-state index contributed by atoms with van der Waals surface area (Å²) < 4.78 is 0. The maximum absolute atomic E-state index is 10.9. The highest BCUT2D eigenvalue weighted by molar-refractivity contribution is 7.10. The zero-order valence-electron chi connectivity index (χ0n) is 8.69. The number of piperidine rings is 1. The van der Waals surface area contributed by atoms with Crippen LogP contribution in [0.2, 0.25) is 0 Å². The summed E-state index contributed by atoms with van der Waals surface area (Å²) >= 11 is 1.72. The Bertz CT molecular complexity index is 361. The first-order valence-electron chi connectivity index (χ1n) is 5.21. The summed E-state index contributed by atoms with van der Waals surface area (Å²) in [6.07, 6.45) is 2.78. The Hall–Kier alpha value is -0.870. The van der Waals surface area contributed by atoms with E-state index < -0.39 is 5.97 Å². The van der Waals surface area contributed by atoms with E-state index in [9.17, 15) is 4.79 Å². The molecule has 0 bridgehead atoms. The molecule has 1 aromatic rings. The smallest absolute Gasteiger partial charge is 0.320 e. The largest absolute Gasteiger partial charge is 0.480 e. The van der Waals surface area contributed by atoms with Crippen LogP contribution in [0.4, 0.5) is 0 Å². The second-order valence-corrected chi connectivity index (χ2v) is 5.09. The summed E-state index contributed by atoms with van der Waals surface area (Å²) in [5.41, 5.74) is 1.27. The quantitative estimate of drug-likeness (QED) is 0.812. The molecule has 0 amide bonds. The van der Waals surface area contributed by atoms with E-state index in [2.05, 4.69) is 23.7 Å². The predicted octanol–water partition coefficient (Wildman–Crippen LogP) is 2.32. The third kappa shape index (κ3) is 2.21. The number of aliphatic carboxylic acids is 1. The van der Waals surface area contributed by atoms with Crippen molar-refractivity contribution in [1.82, 2.24) is 5.32 Å². The van der Waals surface area contributed by atoms with Crippen LogP contribution in [-0.4, -0.2) is 17.1 Å². The van der Waals surface area contributed by atoms with E-state index >= 15 is 0 Å². The molecule has 2 heterocycles. The molecule has 0 spiro atoms. The van der Waals surface area contributed by atoms with E-state index in [0.717, 1.165) is 19.3 Å². The molecule has 4 heteroatoms. The van der Waals surface area contributed by atoms with Gasteiger partial charge in [0.2, 0.25) is 0 Å². The van der Waals surface area contributed by atoms with Gasteiger partial charge in [-0.1, -0.05) is 0 Å². The zero-order valence-corrected chi connectivity index (χ0v) is 9.51. The van der Waals surface area contributed by atoms with Gasteiger partial charge in [0, 0.05) is 10.9 Å². The summed E-state index contributed by atoms with van der Waals surface area (Å²) in [4.78, 5) is 12.2. The SMILES string of the molecule is Cc1sccc1C1CCCC(C(=O)O)N1. The van der Waals surface area contributed by atoms with Crippen molar-refractivity contribution in [3.63, 3.8) is 0 Å². The van der Waals surface area contributed by atoms with Crippen LogP contribution in [0, 0.1) is 6.92 Å². The van der Waals surface area contributed by atoms with Crippen LogP contribution in [0.5, 0.6) is 0 Å². The molecule has 1 aliphatic heterocycles. The lowest BCUT2D eigenvalue weighted by atomic mass is 9.94. The number of carboxylic acid groups (broad SMARTS) is 1. The van der Waals surface area contributed by atoms with E-state index in [0.29, 0.717) is 0 Å². The number of hydrogen-bond acceptors (Lipinski definition) is 3. The summed E-state index contributed by atoms with van der Waals surface area (Å²) in [6.45, 7) is 2.09.